The van der Waals surface area contributed by atoms with Crippen molar-refractivity contribution in [2.24, 2.45) is 0 Å². The number of aliphatic hydroxyl groups excluding tert-OH is 1. The van der Waals surface area contributed by atoms with Crippen LogP contribution in [0, 0.1) is 19.7 Å². The molecule has 0 radical (unpaired) electrons. The zero-order valence-electron chi connectivity index (χ0n) is 11.9. The Kier molecular flexibility index (Phi) is 4.74. The van der Waals surface area contributed by atoms with Gasteiger partial charge in [0, 0.05) is 6.54 Å². The molecule has 0 fully saturated rings. The molecule has 0 aliphatic carbocycles. The quantitative estimate of drug-likeness (QED) is 0.863. The second-order valence-corrected chi connectivity index (χ2v) is 5.07. The smallest absolute Gasteiger partial charge is 0.146 e. The van der Waals surface area contributed by atoms with Crippen molar-refractivity contribution >= 4 is 5.69 Å². The van der Waals surface area contributed by atoms with Crippen LogP contribution in [0.15, 0.2) is 42.5 Å². The van der Waals surface area contributed by atoms with Gasteiger partial charge in [0.1, 0.15) is 5.82 Å². The second kappa shape index (κ2) is 6.53. The standard InChI is InChI=1S/C17H20FNO/c1-12-7-8-14(13(2)11-12)17(20)9-10-19-16-6-4-3-5-15(16)18/h3-8,11,17,19-20H,9-10H2,1-2H3. The molecule has 106 valence electrons. The lowest BCUT2D eigenvalue weighted by atomic mass is 9.99. The van der Waals surface area contributed by atoms with Crippen molar-refractivity contribution in [2.45, 2.75) is 26.4 Å². The summed E-state index contributed by atoms with van der Waals surface area (Å²) in [4.78, 5) is 0. The summed E-state index contributed by atoms with van der Waals surface area (Å²) in [6.07, 6.45) is 0.00739. The molecule has 1 unspecified atom stereocenters. The summed E-state index contributed by atoms with van der Waals surface area (Å²) in [6.45, 7) is 4.55. The summed E-state index contributed by atoms with van der Waals surface area (Å²) < 4.78 is 13.4. The Morgan fingerprint density at radius 3 is 2.60 bits per heavy atom. The fourth-order valence-corrected chi connectivity index (χ4v) is 2.30. The van der Waals surface area contributed by atoms with Gasteiger partial charge in [-0.15, -0.1) is 0 Å². The van der Waals surface area contributed by atoms with E-state index in [1.54, 1.807) is 18.2 Å². The Hall–Kier alpha value is -1.87. The normalized spacial score (nSPS) is 12.2. The molecular formula is C17H20FNO. The first-order valence-corrected chi connectivity index (χ1v) is 6.81. The lowest BCUT2D eigenvalue weighted by molar-refractivity contribution is 0.171. The molecule has 2 N–H and O–H groups in total. The van der Waals surface area contributed by atoms with Gasteiger partial charge in [-0.2, -0.15) is 0 Å². The van der Waals surface area contributed by atoms with Crippen molar-refractivity contribution in [3.63, 3.8) is 0 Å². The molecule has 2 aromatic carbocycles. The molecule has 0 bridgehead atoms. The molecule has 2 rings (SSSR count). The van der Waals surface area contributed by atoms with Crippen LogP contribution < -0.4 is 5.32 Å². The van der Waals surface area contributed by atoms with E-state index < -0.39 is 6.10 Å². The summed E-state index contributed by atoms with van der Waals surface area (Å²) in [5.41, 5.74) is 3.68. The summed E-state index contributed by atoms with van der Waals surface area (Å²) in [6, 6.07) is 12.6. The molecule has 3 heteroatoms. The van der Waals surface area contributed by atoms with E-state index in [4.69, 9.17) is 0 Å². The largest absolute Gasteiger partial charge is 0.388 e. The summed E-state index contributed by atoms with van der Waals surface area (Å²) in [5, 5.41) is 13.2. The average Bonchev–Trinajstić information content (AvgIpc) is 2.40. The molecule has 0 amide bonds. The van der Waals surface area contributed by atoms with Crippen LogP contribution in [0.1, 0.15) is 29.2 Å². The van der Waals surface area contributed by atoms with Crippen molar-refractivity contribution < 1.29 is 9.50 Å². The third-order valence-electron chi connectivity index (χ3n) is 3.39. The Morgan fingerprint density at radius 1 is 1.15 bits per heavy atom. The predicted octanol–water partition coefficient (Wildman–Crippen LogP) is 3.98. The summed E-state index contributed by atoms with van der Waals surface area (Å²) in [7, 11) is 0. The Bertz CT molecular complexity index is 583. The van der Waals surface area contributed by atoms with Crippen LogP contribution in [-0.4, -0.2) is 11.7 Å². The van der Waals surface area contributed by atoms with E-state index in [0.717, 1.165) is 11.1 Å². The van der Waals surface area contributed by atoms with Gasteiger partial charge >= 0.3 is 0 Å². The van der Waals surface area contributed by atoms with E-state index in [-0.39, 0.29) is 5.82 Å². The lowest BCUT2D eigenvalue weighted by Gasteiger charge is -2.15. The number of aryl methyl sites for hydroxylation is 2. The molecule has 0 heterocycles. The van der Waals surface area contributed by atoms with E-state index in [0.29, 0.717) is 18.7 Å². The number of para-hydroxylation sites is 1. The lowest BCUT2D eigenvalue weighted by Crippen LogP contribution is -2.09. The SMILES string of the molecule is Cc1ccc(C(O)CCNc2ccccc2F)c(C)c1. The number of anilines is 1. The Labute approximate surface area is 119 Å². The van der Waals surface area contributed by atoms with E-state index in [9.17, 15) is 9.50 Å². The maximum atomic E-state index is 13.4. The van der Waals surface area contributed by atoms with Gasteiger partial charge in [0.2, 0.25) is 0 Å². The van der Waals surface area contributed by atoms with Crippen molar-refractivity contribution in [1.29, 1.82) is 0 Å². The van der Waals surface area contributed by atoms with Gasteiger partial charge in [-0.1, -0.05) is 35.9 Å². The molecule has 2 nitrogen and oxygen atoms in total. The van der Waals surface area contributed by atoms with E-state index in [1.165, 1.54) is 11.6 Å². The highest BCUT2D eigenvalue weighted by atomic mass is 19.1. The number of hydrogen-bond acceptors (Lipinski definition) is 2. The third kappa shape index (κ3) is 3.58. The van der Waals surface area contributed by atoms with Crippen molar-refractivity contribution in [1.82, 2.24) is 0 Å². The molecule has 2 aromatic rings. The molecule has 0 saturated carbocycles. The number of halogens is 1. The molecule has 20 heavy (non-hydrogen) atoms. The molecule has 0 saturated heterocycles. The van der Waals surface area contributed by atoms with Gasteiger partial charge < -0.3 is 10.4 Å². The van der Waals surface area contributed by atoms with E-state index in [1.807, 2.05) is 26.0 Å². The Balaban J connectivity index is 1.92. The van der Waals surface area contributed by atoms with Gasteiger partial charge in [-0.25, -0.2) is 4.39 Å². The molecular weight excluding hydrogens is 253 g/mol. The van der Waals surface area contributed by atoms with Crippen LogP contribution in [0.5, 0.6) is 0 Å². The zero-order chi connectivity index (χ0) is 14.5. The van der Waals surface area contributed by atoms with Crippen LogP contribution in [0.4, 0.5) is 10.1 Å². The zero-order valence-corrected chi connectivity index (χ0v) is 11.9. The van der Waals surface area contributed by atoms with Crippen LogP contribution in [-0.2, 0) is 0 Å². The monoisotopic (exact) mass is 273 g/mol. The van der Waals surface area contributed by atoms with E-state index >= 15 is 0 Å². The molecule has 0 spiro atoms. The molecule has 1 atom stereocenters. The van der Waals surface area contributed by atoms with Gasteiger partial charge in [0.15, 0.2) is 0 Å². The summed E-state index contributed by atoms with van der Waals surface area (Å²) >= 11 is 0. The first-order valence-electron chi connectivity index (χ1n) is 6.81. The minimum atomic E-state index is -0.533. The number of nitrogens with one attached hydrogen (secondary N) is 1. The third-order valence-corrected chi connectivity index (χ3v) is 3.39. The molecule has 0 aliphatic heterocycles. The van der Waals surface area contributed by atoms with Crippen molar-refractivity contribution in [3.05, 3.63) is 65.0 Å². The minimum Gasteiger partial charge on any atom is -0.388 e. The van der Waals surface area contributed by atoms with Crippen LogP contribution in [0.3, 0.4) is 0 Å². The number of hydrogen-bond donors (Lipinski definition) is 2. The highest BCUT2D eigenvalue weighted by Gasteiger charge is 2.10. The highest BCUT2D eigenvalue weighted by Crippen LogP contribution is 2.22. The number of benzene rings is 2. The summed E-state index contributed by atoms with van der Waals surface area (Å²) in [5.74, 6) is -0.270. The first-order chi connectivity index (χ1) is 9.58. The molecule has 0 aromatic heterocycles. The second-order valence-electron chi connectivity index (χ2n) is 5.07. The van der Waals surface area contributed by atoms with Crippen LogP contribution in [0.25, 0.3) is 0 Å². The maximum Gasteiger partial charge on any atom is 0.146 e. The van der Waals surface area contributed by atoms with Gasteiger partial charge in [-0.05, 0) is 43.5 Å². The van der Waals surface area contributed by atoms with Crippen LogP contribution in [0.2, 0.25) is 0 Å². The minimum absolute atomic E-state index is 0.270. The fourth-order valence-electron chi connectivity index (χ4n) is 2.30. The average molecular weight is 273 g/mol. The number of rotatable bonds is 5. The van der Waals surface area contributed by atoms with Crippen LogP contribution >= 0.6 is 0 Å². The fraction of sp³-hybridized carbons (Fsp3) is 0.294. The number of aliphatic hydroxyl groups is 1. The van der Waals surface area contributed by atoms with Gasteiger partial charge in [0.25, 0.3) is 0 Å². The first kappa shape index (κ1) is 14.5. The van der Waals surface area contributed by atoms with Crippen molar-refractivity contribution in [2.75, 3.05) is 11.9 Å². The van der Waals surface area contributed by atoms with Crippen molar-refractivity contribution in [3.8, 4) is 0 Å². The topological polar surface area (TPSA) is 32.3 Å². The Morgan fingerprint density at radius 2 is 1.90 bits per heavy atom. The van der Waals surface area contributed by atoms with E-state index in [2.05, 4.69) is 11.4 Å². The van der Waals surface area contributed by atoms with Gasteiger partial charge in [-0.3, -0.25) is 0 Å². The van der Waals surface area contributed by atoms with Gasteiger partial charge in [0.05, 0.1) is 11.8 Å². The highest BCUT2D eigenvalue weighted by molar-refractivity contribution is 5.44. The molecule has 0 aliphatic rings. The predicted molar refractivity (Wildman–Crippen MR) is 80.4 cm³/mol. The maximum absolute atomic E-state index is 13.4.